The first-order chi connectivity index (χ1) is 4.31. The van der Waals surface area contributed by atoms with Gasteiger partial charge in [0.15, 0.2) is 0 Å². The van der Waals surface area contributed by atoms with Gasteiger partial charge in [-0.25, -0.2) is 0 Å². The molecule has 0 aromatic heterocycles. The predicted molar refractivity (Wildman–Crippen MR) is 35.3 cm³/mol. The Morgan fingerprint density at radius 1 is 1.78 bits per heavy atom. The van der Waals surface area contributed by atoms with Gasteiger partial charge in [-0.05, 0) is 13.0 Å². The van der Waals surface area contributed by atoms with E-state index in [1.165, 1.54) is 12.0 Å². The van der Waals surface area contributed by atoms with Gasteiger partial charge < -0.3 is 10.4 Å². The summed E-state index contributed by atoms with van der Waals surface area (Å²) >= 11 is 0. The SMILES string of the molecule is C=C1CCNC1.O=CO. The minimum Gasteiger partial charge on any atom is -0.483 e. The average Bonchev–Trinajstić information content (AvgIpc) is 2.20. The average molecular weight is 129 g/mol. The lowest BCUT2D eigenvalue weighted by atomic mass is 10.3. The minimum absolute atomic E-state index is 0.250. The molecular weight excluding hydrogens is 118 g/mol. The maximum Gasteiger partial charge on any atom is 0.290 e. The number of carboxylic acid groups (broad SMARTS) is 1. The van der Waals surface area contributed by atoms with Gasteiger partial charge in [0.05, 0.1) is 0 Å². The van der Waals surface area contributed by atoms with Crippen LogP contribution in [0.5, 0.6) is 0 Å². The summed E-state index contributed by atoms with van der Waals surface area (Å²) < 4.78 is 0. The summed E-state index contributed by atoms with van der Waals surface area (Å²) in [6, 6.07) is 0. The zero-order valence-electron chi connectivity index (χ0n) is 5.26. The summed E-state index contributed by atoms with van der Waals surface area (Å²) in [5.41, 5.74) is 1.34. The predicted octanol–water partition coefficient (Wildman–Crippen LogP) is 0.237. The molecule has 0 aromatic carbocycles. The molecule has 3 heteroatoms. The van der Waals surface area contributed by atoms with Gasteiger partial charge in [-0.2, -0.15) is 0 Å². The summed E-state index contributed by atoms with van der Waals surface area (Å²) in [5.74, 6) is 0. The lowest BCUT2D eigenvalue weighted by molar-refractivity contribution is -0.122. The Bertz CT molecular complexity index is 93.2. The molecule has 1 aliphatic rings. The quantitative estimate of drug-likeness (QED) is 0.364. The van der Waals surface area contributed by atoms with Crippen LogP contribution in [0.15, 0.2) is 12.2 Å². The molecule has 1 rings (SSSR count). The lowest BCUT2D eigenvalue weighted by Gasteiger charge is -1.80. The Hall–Kier alpha value is -0.830. The van der Waals surface area contributed by atoms with Crippen molar-refractivity contribution in [2.45, 2.75) is 6.42 Å². The van der Waals surface area contributed by atoms with Crippen LogP contribution in [0.4, 0.5) is 0 Å². The second-order valence-electron chi connectivity index (χ2n) is 1.78. The highest BCUT2D eigenvalue weighted by Gasteiger charge is 1.99. The van der Waals surface area contributed by atoms with Crippen molar-refractivity contribution in [3.05, 3.63) is 12.2 Å². The normalized spacial score (nSPS) is 16.2. The van der Waals surface area contributed by atoms with E-state index in [-0.39, 0.29) is 6.47 Å². The summed E-state index contributed by atoms with van der Waals surface area (Å²) in [6.07, 6.45) is 1.18. The van der Waals surface area contributed by atoms with Crippen LogP contribution in [0.3, 0.4) is 0 Å². The van der Waals surface area contributed by atoms with Crippen molar-refractivity contribution < 1.29 is 9.90 Å². The molecule has 0 aliphatic carbocycles. The molecule has 1 aliphatic heterocycles. The lowest BCUT2D eigenvalue weighted by Crippen LogP contribution is -2.04. The van der Waals surface area contributed by atoms with Gasteiger partial charge in [0.25, 0.3) is 6.47 Å². The minimum atomic E-state index is -0.250. The highest BCUT2D eigenvalue weighted by Crippen LogP contribution is 1.99. The molecule has 1 saturated heterocycles. The molecule has 0 spiro atoms. The highest BCUT2D eigenvalue weighted by atomic mass is 16.3. The molecule has 0 radical (unpaired) electrons. The fourth-order valence-electron chi connectivity index (χ4n) is 0.619. The van der Waals surface area contributed by atoms with E-state index in [1.54, 1.807) is 0 Å². The molecule has 3 nitrogen and oxygen atoms in total. The van der Waals surface area contributed by atoms with Crippen LogP contribution in [0.2, 0.25) is 0 Å². The fraction of sp³-hybridized carbons (Fsp3) is 0.500. The number of nitrogens with one attached hydrogen (secondary N) is 1. The highest BCUT2D eigenvalue weighted by molar-refractivity contribution is 5.32. The Balaban J connectivity index is 0.000000187. The van der Waals surface area contributed by atoms with E-state index in [0.29, 0.717) is 0 Å². The van der Waals surface area contributed by atoms with Gasteiger partial charge in [-0.15, -0.1) is 0 Å². The third-order valence-electron chi connectivity index (χ3n) is 1.03. The number of rotatable bonds is 0. The van der Waals surface area contributed by atoms with E-state index in [0.717, 1.165) is 13.1 Å². The van der Waals surface area contributed by atoms with Crippen molar-refractivity contribution in [1.29, 1.82) is 0 Å². The van der Waals surface area contributed by atoms with Crippen LogP contribution >= 0.6 is 0 Å². The summed E-state index contributed by atoms with van der Waals surface area (Å²) in [5, 5.41) is 10.1. The van der Waals surface area contributed by atoms with Crippen LogP contribution in [0.1, 0.15) is 6.42 Å². The van der Waals surface area contributed by atoms with Crippen LogP contribution in [-0.2, 0) is 4.79 Å². The molecular formula is C6H11NO2. The molecule has 0 amide bonds. The van der Waals surface area contributed by atoms with Crippen LogP contribution in [0.25, 0.3) is 0 Å². The third kappa shape index (κ3) is 5.03. The molecule has 0 saturated carbocycles. The van der Waals surface area contributed by atoms with Crippen LogP contribution < -0.4 is 5.32 Å². The topological polar surface area (TPSA) is 49.3 Å². The zero-order valence-corrected chi connectivity index (χ0v) is 5.26. The molecule has 1 heterocycles. The maximum atomic E-state index is 8.36. The molecule has 9 heavy (non-hydrogen) atoms. The van der Waals surface area contributed by atoms with Crippen LogP contribution in [0, 0.1) is 0 Å². The van der Waals surface area contributed by atoms with Crippen molar-refractivity contribution in [2.24, 2.45) is 0 Å². The summed E-state index contributed by atoms with van der Waals surface area (Å²) in [6.45, 7) is 5.72. The Kier molecular flexibility index (Phi) is 4.82. The van der Waals surface area contributed by atoms with Gasteiger partial charge in [-0.1, -0.05) is 12.2 Å². The van der Waals surface area contributed by atoms with Crippen molar-refractivity contribution in [2.75, 3.05) is 13.1 Å². The van der Waals surface area contributed by atoms with Crippen molar-refractivity contribution >= 4 is 6.47 Å². The summed E-state index contributed by atoms with van der Waals surface area (Å²) in [4.78, 5) is 8.36. The number of carbonyl (C=O) groups is 1. The molecule has 0 aromatic rings. The number of hydrogen-bond donors (Lipinski definition) is 2. The first-order valence-corrected chi connectivity index (χ1v) is 2.76. The largest absolute Gasteiger partial charge is 0.483 e. The van der Waals surface area contributed by atoms with E-state index in [9.17, 15) is 0 Å². The fourth-order valence-corrected chi connectivity index (χ4v) is 0.619. The van der Waals surface area contributed by atoms with Crippen molar-refractivity contribution in [3.63, 3.8) is 0 Å². The van der Waals surface area contributed by atoms with E-state index in [2.05, 4.69) is 11.9 Å². The molecule has 1 fully saturated rings. The summed E-state index contributed by atoms with van der Waals surface area (Å²) in [7, 11) is 0. The first kappa shape index (κ1) is 8.17. The second-order valence-corrected chi connectivity index (χ2v) is 1.78. The Morgan fingerprint density at radius 2 is 2.33 bits per heavy atom. The van der Waals surface area contributed by atoms with Crippen molar-refractivity contribution in [3.8, 4) is 0 Å². The van der Waals surface area contributed by atoms with Gasteiger partial charge >= 0.3 is 0 Å². The van der Waals surface area contributed by atoms with Crippen LogP contribution in [-0.4, -0.2) is 24.7 Å². The van der Waals surface area contributed by atoms with Gasteiger partial charge in [0, 0.05) is 6.54 Å². The Morgan fingerprint density at radius 3 is 2.44 bits per heavy atom. The second kappa shape index (κ2) is 5.31. The standard InChI is InChI=1S/C5H9N.CH2O2/c1-5-2-3-6-4-5;2-1-3/h6H,1-4H2;1H,(H,2,3). The number of hydrogen-bond acceptors (Lipinski definition) is 2. The zero-order chi connectivity index (χ0) is 7.11. The van der Waals surface area contributed by atoms with Gasteiger partial charge in [-0.3, -0.25) is 4.79 Å². The van der Waals surface area contributed by atoms with E-state index in [1.807, 2.05) is 0 Å². The smallest absolute Gasteiger partial charge is 0.290 e. The third-order valence-corrected chi connectivity index (χ3v) is 1.03. The Labute approximate surface area is 54.4 Å². The molecule has 52 valence electrons. The van der Waals surface area contributed by atoms with E-state index < -0.39 is 0 Å². The van der Waals surface area contributed by atoms with Gasteiger partial charge in [0.2, 0.25) is 0 Å². The molecule has 0 bridgehead atoms. The van der Waals surface area contributed by atoms with E-state index in [4.69, 9.17) is 9.90 Å². The first-order valence-electron chi connectivity index (χ1n) is 2.76. The maximum absolute atomic E-state index is 8.36. The van der Waals surface area contributed by atoms with E-state index >= 15 is 0 Å². The van der Waals surface area contributed by atoms with Gasteiger partial charge in [0.1, 0.15) is 0 Å². The molecule has 2 N–H and O–H groups in total. The monoisotopic (exact) mass is 129 g/mol. The molecule has 0 atom stereocenters. The van der Waals surface area contributed by atoms with Crippen molar-refractivity contribution in [1.82, 2.24) is 5.32 Å². The molecule has 0 unspecified atom stereocenters.